The van der Waals surface area contributed by atoms with Crippen molar-refractivity contribution in [1.29, 1.82) is 0 Å². The zero-order valence-corrected chi connectivity index (χ0v) is 15.2. The molecule has 25 heavy (non-hydrogen) atoms. The van der Waals surface area contributed by atoms with Gasteiger partial charge in [0.25, 0.3) is 0 Å². The van der Waals surface area contributed by atoms with Crippen molar-refractivity contribution in [2.24, 2.45) is 0 Å². The van der Waals surface area contributed by atoms with Gasteiger partial charge in [-0.3, -0.25) is 4.79 Å². The summed E-state index contributed by atoms with van der Waals surface area (Å²) in [5.74, 6) is 2.24. The third kappa shape index (κ3) is 5.14. The van der Waals surface area contributed by atoms with Gasteiger partial charge < -0.3 is 19.5 Å². The summed E-state index contributed by atoms with van der Waals surface area (Å²) >= 11 is 0. The normalized spacial score (nSPS) is 11.5. The van der Waals surface area contributed by atoms with E-state index in [1.807, 2.05) is 49.4 Å². The van der Waals surface area contributed by atoms with Crippen LogP contribution < -0.4 is 19.5 Å². The summed E-state index contributed by atoms with van der Waals surface area (Å²) in [4.78, 5) is 12.3. The fraction of sp³-hybridized carbons (Fsp3) is 0.350. The van der Waals surface area contributed by atoms with Crippen molar-refractivity contribution in [1.82, 2.24) is 5.32 Å². The molecule has 0 aliphatic heterocycles. The summed E-state index contributed by atoms with van der Waals surface area (Å²) in [6, 6.07) is 13.1. The van der Waals surface area contributed by atoms with Crippen LogP contribution in [-0.4, -0.2) is 27.2 Å². The monoisotopic (exact) mass is 343 g/mol. The van der Waals surface area contributed by atoms with Crippen LogP contribution in [0.3, 0.4) is 0 Å². The Morgan fingerprint density at radius 1 is 1.00 bits per heavy atom. The summed E-state index contributed by atoms with van der Waals surface area (Å²) in [5.41, 5.74) is 1.96. The zero-order valence-electron chi connectivity index (χ0n) is 15.2. The first kappa shape index (κ1) is 18.6. The smallest absolute Gasteiger partial charge is 0.220 e. The molecule has 0 saturated heterocycles. The molecule has 2 rings (SSSR count). The Hall–Kier alpha value is -2.69. The molecule has 5 heteroatoms. The minimum Gasteiger partial charge on any atom is -0.497 e. The predicted octanol–water partition coefficient (Wildman–Crippen LogP) is 3.52. The second-order valence-corrected chi connectivity index (χ2v) is 5.75. The van der Waals surface area contributed by atoms with E-state index >= 15 is 0 Å². The highest BCUT2D eigenvalue weighted by molar-refractivity contribution is 5.76. The lowest BCUT2D eigenvalue weighted by atomic mass is 10.1. The molecule has 2 aromatic rings. The number of benzene rings is 2. The first-order valence-corrected chi connectivity index (χ1v) is 8.21. The maximum atomic E-state index is 12.3. The van der Waals surface area contributed by atoms with Gasteiger partial charge in [0.15, 0.2) is 0 Å². The molecule has 0 aliphatic carbocycles. The number of ether oxygens (including phenoxy) is 3. The molecule has 0 aliphatic rings. The van der Waals surface area contributed by atoms with Crippen molar-refractivity contribution in [2.45, 2.75) is 25.8 Å². The maximum absolute atomic E-state index is 12.3. The fourth-order valence-electron chi connectivity index (χ4n) is 2.66. The summed E-state index contributed by atoms with van der Waals surface area (Å²) in [6.45, 7) is 1.93. The van der Waals surface area contributed by atoms with Gasteiger partial charge in [-0.15, -0.1) is 0 Å². The van der Waals surface area contributed by atoms with E-state index in [-0.39, 0.29) is 11.9 Å². The van der Waals surface area contributed by atoms with Gasteiger partial charge in [-0.1, -0.05) is 12.1 Å². The van der Waals surface area contributed by atoms with Crippen LogP contribution in [0.15, 0.2) is 42.5 Å². The number of hydrogen-bond acceptors (Lipinski definition) is 4. The Balaban J connectivity index is 1.97. The summed E-state index contributed by atoms with van der Waals surface area (Å²) in [6.07, 6.45) is 1.06. The largest absolute Gasteiger partial charge is 0.497 e. The first-order valence-electron chi connectivity index (χ1n) is 8.21. The molecule has 0 bridgehead atoms. The first-order chi connectivity index (χ1) is 12.1. The van der Waals surface area contributed by atoms with Crippen molar-refractivity contribution >= 4 is 5.91 Å². The van der Waals surface area contributed by atoms with Gasteiger partial charge in [0, 0.05) is 12.0 Å². The van der Waals surface area contributed by atoms with Crippen LogP contribution in [0.1, 0.15) is 30.5 Å². The van der Waals surface area contributed by atoms with Crippen molar-refractivity contribution in [2.75, 3.05) is 21.3 Å². The quantitative estimate of drug-likeness (QED) is 0.797. The lowest BCUT2D eigenvalue weighted by Crippen LogP contribution is -2.27. The molecule has 0 fully saturated rings. The SMILES string of the molecule is COc1cccc(CCC(=O)NC(C)c2cc(OC)ccc2OC)c1. The molecule has 1 atom stereocenters. The molecule has 0 aromatic heterocycles. The summed E-state index contributed by atoms with van der Waals surface area (Å²) < 4.78 is 15.8. The van der Waals surface area contributed by atoms with Gasteiger partial charge >= 0.3 is 0 Å². The number of amides is 1. The van der Waals surface area contributed by atoms with Crippen LogP contribution >= 0.6 is 0 Å². The Kier molecular flexibility index (Phi) is 6.69. The van der Waals surface area contributed by atoms with Crippen molar-refractivity contribution < 1.29 is 19.0 Å². The van der Waals surface area contributed by atoms with Gasteiger partial charge in [-0.2, -0.15) is 0 Å². The molecule has 1 amide bonds. The van der Waals surface area contributed by atoms with Gasteiger partial charge in [0.2, 0.25) is 5.91 Å². The van der Waals surface area contributed by atoms with Crippen LogP contribution in [0.2, 0.25) is 0 Å². The van der Waals surface area contributed by atoms with Crippen molar-refractivity contribution in [3.63, 3.8) is 0 Å². The molecule has 5 nitrogen and oxygen atoms in total. The Labute approximate surface area is 148 Å². The van der Waals surface area contributed by atoms with E-state index in [1.54, 1.807) is 21.3 Å². The number of rotatable bonds is 8. The van der Waals surface area contributed by atoms with E-state index in [0.29, 0.717) is 12.8 Å². The van der Waals surface area contributed by atoms with Crippen molar-refractivity contribution in [3.8, 4) is 17.2 Å². The topological polar surface area (TPSA) is 56.8 Å². The molecule has 134 valence electrons. The third-order valence-electron chi connectivity index (χ3n) is 4.06. The van der Waals surface area contributed by atoms with E-state index in [2.05, 4.69) is 5.32 Å². The number of aryl methyl sites for hydroxylation is 1. The highest BCUT2D eigenvalue weighted by Gasteiger charge is 2.15. The molecule has 0 heterocycles. The van der Waals surface area contributed by atoms with Gasteiger partial charge in [-0.05, 0) is 49.2 Å². The van der Waals surface area contributed by atoms with E-state index in [0.717, 1.165) is 28.4 Å². The van der Waals surface area contributed by atoms with Crippen LogP contribution in [0.5, 0.6) is 17.2 Å². The van der Waals surface area contributed by atoms with Crippen LogP contribution in [-0.2, 0) is 11.2 Å². The summed E-state index contributed by atoms with van der Waals surface area (Å²) in [7, 11) is 4.86. The van der Waals surface area contributed by atoms with Gasteiger partial charge in [0.05, 0.1) is 27.4 Å². The second-order valence-electron chi connectivity index (χ2n) is 5.75. The number of methoxy groups -OCH3 is 3. The Morgan fingerprint density at radius 2 is 1.72 bits per heavy atom. The fourth-order valence-corrected chi connectivity index (χ4v) is 2.66. The molecular weight excluding hydrogens is 318 g/mol. The highest BCUT2D eigenvalue weighted by atomic mass is 16.5. The zero-order chi connectivity index (χ0) is 18.2. The van der Waals surface area contributed by atoms with E-state index in [4.69, 9.17) is 14.2 Å². The van der Waals surface area contributed by atoms with E-state index in [1.165, 1.54) is 0 Å². The molecule has 0 saturated carbocycles. The minimum atomic E-state index is -0.178. The number of hydrogen-bond donors (Lipinski definition) is 1. The molecule has 1 unspecified atom stereocenters. The van der Waals surface area contributed by atoms with Crippen LogP contribution in [0.25, 0.3) is 0 Å². The maximum Gasteiger partial charge on any atom is 0.220 e. The lowest BCUT2D eigenvalue weighted by Gasteiger charge is -2.18. The number of carbonyl (C=O) groups is 1. The number of carbonyl (C=O) groups excluding carboxylic acids is 1. The predicted molar refractivity (Wildman–Crippen MR) is 97.4 cm³/mol. The van der Waals surface area contributed by atoms with Gasteiger partial charge in [0.1, 0.15) is 17.2 Å². The minimum absolute atomic E-state index is 0.0137. The van der Waals surface area contributed by atoms with Crippen molar-refractivity contribution in [3.05, 3.63) is 53.6 Å². The molecular formula is C20H25NO4. The standard InChI is InChI=1S/C20H25NO4/c1-14(18-13-17(24-3)9-10-19(18)25-4)21-20(22)11-8-15-6-5-7-16(12-15)23-2/h5-7,9-10,12-14H,8,11H2,1-4H3,(H,21,22). The second kappa shape index (κ2) is 8.97. The molecule has 1 N–H and O–H groups in total. The number of nitrogens with one attached hydrogen (secondary N) is 1. The average molecular weight is 343 g/mol. The third-order valence-corrected chi connectivity index (χ3v) is 4.06. The molecule has 0 spiro atoms. The summed E-state index contributed by atoms with van der Waals surface area (Å²) in [5, 5.41) is 3.02. The van der Waals surface area contributed by atoms with Crippen LogP contribution in [0.4, 0.5) is 0 Å². The molecule has 2 aromatic carbocycles. The average Bonchev–Trinajstić information content (AvgIpc) is 2.65. The van der Waals surface area contributed by atoms with E-state index in [9.17, 15) is 4.79 Å². The Morgan fingerprint density at radius 3 is 2.40 bits per heavy atom. The van der Waals surface area contributed by atoms with Crippen LogP contribution in [0, 0.1) is 0 Å². The highest BCUT2D eigenvalue weighted by Crippen LogP contribution is 2.29. The molecule has 0 radical (unpaired) electrons. The van der Waals surface area contributed by atoms with Gasteiger partial charge in [-0.25, -0.2) is 0 Å². The Bertz CT molecular complexity index is 715. The van der Waals surface area contributed by atoms with E-state index < -0.39 is 0 Å². The lowest BCUT2D eigenvalue weighted by molar-refractivity contribution is -0.121.